The number of carbonyl (C=O) groups is 1. The van der Waals surface area contributed by atoms with Crippen molar-refractivity contribution in [1.29, 1.82) is 0 Å². The van der Waals surface area contributed by atoms with Crippen molar-refractivity contribution >= 4 is 11.7 Å². The topological polar surface area (TPSA) is 95.0 Å². The van der Waals surface area contributed by atoms with Gasteiger partial charge in [0.05, 0.1) is 26.9 Å². The Labute approximate surface area is 169 Å². The van der Waals surface area contributed by atoms with Crippen LogP contribution in [0, 0.1) is 6.92 Å². The van der Waals surface area contributed by atoms with Crippen molar-refractivity contribution in [3.63, 3.8) is 0 Å². The zero-order valence-corrected chi connectivity index (χ0v) is 16.7. The molecule has 0 atom stereocenters. The van der Waals surface area contributed by atoms with Crippen LogP contribution in [0.3, 0.4) is 0 Å². The van der Waals surface area contributed by atoms with Crippen LogP contribution in [-0.2, 0) is 9.53 Å². The fourth-order valence-corrected chi connectivity index (χ4v) is 2.77. The third-order valence-corrected chi connectivity index (χ3v) is 4.24. The molecule has 0 saturated carbocycles. The highest BCUT2D eigenvalue weighted by Gasteiger charge is 2.14. The monoisotopic (exact) mass is 402 g/mol. The first-order valence-corrected chi connectivity index (χ1v) is 9.49. The first-order valence-electron chi connectivity index (χ1n) is 9.49. The third kappa shape index (κ3) is 6.49. The number of carbonyl (C=O) groups excluding carboxylic acids is 1. The second-order valence-electron chi connectivity index (χ2n) is 6.37. The van der Waals surface area contributed by atoms with Crippen LogP contribution in [0.2, 0.25) is 0 Å². The van der Waals surface area contributed by atoms with Gasteiger partial charge in [0, 0.05) is 19.2 Å². The Bertz CT molecular complexity index is 794. The number of benzene rings is 1. The SMILES string of the molecule is COc1ccc(OCC(=O)NCCOc2cc(N3CCOCC3)nc(C)n2)cc1. The summed E-state index contributed by atoms with van der Waals surface area (Å²) < 4.78 is 21.6. The van der Waals surface area contributed by atoms with E-state index in [9.17, 15) is 4.79 Å². The van der Waals surface area contributed by atoms with Crippen LogP contribution in [0.4, 0.5) is 5.82 Å². The number of anilines is 1. The molecule has 0 unspecified atom stereocenters. The lowest BCUT2D eigenvalue weighted by atomic mass is 10.3. The average molecular weight is 402 g/mol. The normalized spacial score (nSPS) is 13.7. The number of amides is 1. The molecule has 1 aromatic carbocycles. The minimum absolute atomic E-state index is 0.0693. The van der Waals surface area contributed by atoms with Crippen LogP contribution in [0.1, 0.15) is 5.82 Å². The van der Waals surface area contributed by atoms with Crippen LogP contribution in [0.15, 0.2) is 30.3 Å². The van der Waals surface area contributed by atoms with E-state index in [2.05, 4.69) is 20.2 Å². The molecule has 9 heteroatoms. The van der Waals surface area contributed by atoms with Crippen LogP contribution < -0.4 is 24.4 Å². The van der Waals surface area contributed by atoms with E-state index >= 15 is 0 Å². The number of rotatable bonds is 9. The van der Waals surface area contributed by atoms with Gasteiger partial charge in [-0.3, -0.25) is 4.79 Å². The maximum Gasteiger partial charge on any atom is 0.258 e. The Kier molecular flexibility index (Phi) is 7.46. The smallest absolute Gasteiger partial charge is 0.258 e. The van der Waals surface area contributed by atoms with Gasteiger partial charge < -0.3 is 29.2 Å². The second kappa shape index (κ2) is 10.5. The predicted octanol–water partition coefficient (Wildman–Crippen LogP) is 1.20. The van der Waals surface area contributed by atoms with Crippen molar-refractivity contribution in [2.24, 2.45) is 0 Å². The Balaban J connectivity index is 1.39. The standard InChI is InChI=1S/C20H26N4O5/c1-15-22-18(24-8-11-27-12-9-24)13-20(23-15)28-10-7-21-19(25)14-29-17-5-3-16(26-2)4-6-17/h3-6,13H,7-12,14H2,1-2H3,(H,21,25). The highest BCUT2D eigenvalue weighted by molar-refractivity contribution is 5.77. The lowest BCUT2D eigenvalue weighted by Crippen LogP contribution is -2.37. The van der Waals surface area contributed by atoms with Gasteiger partial charge in [-0.15, -0.1) is 0 Å². The van der Waals surface area contributed by atoms with Crippen molar-refractivity contribution in [2.75, 3.05) is 58.1 Å². The van der Waals surface area contributed by atoms with E-state index in [0.717, 1.165) is 24.7 Å². The summed E-state index contributed by atoms with van der Waals surface area (Å²) >= 11 is 0. The average Bonchev–Trinajstić information content (AvgIpc) is 2.76. The van der Waals surface area contributed by atoms with Gasteiger partial charge in [-0.25, -0.2) is 4.98 Å². The van der Waals surface area contributed by atoms with Crippen molar-refractivity contribution in [2.45, 2.75) is 6.92 Å². The summed E-state index contributed by atoms with van der Waals surface area (Å²) in [6.07, 6.45) is 0. The van der Waals surface area contributed by atoms with Crippen LogP contribution in [0.5, 0.6) is 17.4 Å². The second-order valence-corrected chi connectivity index (χ2v) is 6.37. The molecule has 1 amide bonds. The molecule has 1 aliphatic heterocycles. The van der Waals surface area contributed by atoms with Gasteiger partial charge >= 0.3 is 0 Å². The zero-order chi connectivity index (χ0) is 20.5. The number of nitrogens with zero attached hydrogens (tertiary/aromatic N) is 3. The van der Waals surface area contributed by atoms with E-state index < -0.39 is 0 Å². The number of morpholine rings is 1. The Hall–Kier alpha value is -3.07. The number of methoxy groups -OCH3 is 1. The van der Waals surface area contributed by atoms with E-state index in [1.54, 1.807) is 31.4 Å². The Morgan fingerprint density at radius 2 is 1.86 bits per heavy atom. The number of hydrogen-bond donors (Lipinski definition) is 1. The van der Waals surface area contributed by atoms with Gasteiger partial charge in [-0.2, -0.15) is 4.98 Å². The van der Waals surface area contributed by atoms with E-state index in [0.29, 0.717) is 43.8 Å². The van der Waals surface area contributed by atoms with Gasteiger partial charge in [-0.05, 0) is 31.2 Å². The molecular formula is C20H26N4O5. The van der Waals surface area contributed by atoms with Gasteiger partial charge in [0.25, 0.3) is 5.91 Å². The molecule has 9 nitrogen and oxygen atoms in total. The molecule has 2 heterocycles. The lowest BCUT2D eigenvalue weighted by Gasteiger charge is -2.28. The number of aromatic nitrogens is 2. The Morgan fingerprint density at radius 3 is 2.59 bits per heavy atom. The fourth-order valence-electron chi connectivity index (χ4n) is 2.77. The molecule has 156 valence electrons. The first kappa shape index (κ1) is 20.7. The molecule has 1 saturated heterocycles. The molecule has 0 bridgehead atoms. The lowest BCUT2D eigenvalue weighted by molar-refractivity contribution is -0.123. The van der Waals surface area contributed by atoms with E-state index in [-0.39, 0.29) is 12.5 Å². The summed E-state index contributed by atoms with van der Waals surface area (Å²) in [7, 11) is 1.59. The van der Waals surface area contributed by atoms with Crippen LogP contribution in [-0.4, -0.2) is 69.0 Å². The van der Waals surface area contributed by atoms with E-state index in [1.807, 2.05) is 13.0 Å². The molecule has 2 aromatic rings. The number of ether oxygens (including phenoxy) is 4. The van der Waals surface area contributed by atoms with Crippen molar-refractivity contribution in [3.8, 4) is 17.4 Å². The fraction of sp³-hybridized carbons (Fsp3) is 0.450. The minimum Gasteiger partial charge on any atom is -0.497 e. The van der Waals surface area contributed by atoms with Crippen LogP contribution in [0.25, 0.3) is 0 Å². The number of aryl methyl sites for hydroxylation is 1. The quantitative estimate of drug-likeness (QED) is 0.626. The Morgan fingerprint density at radius 1 is 1.14 bits per heavy atom. The first-order chi connectivity index (χ1) is 14.1. The molecule has 0 aliphatic carbocycles. The summed E-state index contributed by atoms with van der Waals surface area (Å²) in [5.74, 6) is 3.06. The predicted molar refractivity (Wildman–Crippen MR) is 107 cm³/mol. The number of hydrogen-bond acceptors (Lipinski definition) is 8. The van der Waals surface area contributed by atoms with Crippen LogP contribution >= 0.6 is 0 Å². The molecule has 1 aromatic heterocycles. The summed E-state index contributed by atoms with van der Waals surface area (Å²) in [5, 5.41) is 2.75. The molecule has 1 fully saturated rings. The molecule has 0 spiro atoms. The molecule has 1 N–H and O–H groups in total. The summed E-state index contributed by atoms with van der Waals surface area (Å²) in [6, 6.07) is 8.86. The maximum atomic E-state index is 11.9. The zero-order valence-electron chi connectivity index (χ0n) is 16.7. The highest BCUT2D eigenvalue weighted by Crippen LogP contribution is 2.19. The summed E-state index contributed by atoms with van der Waals surface area (Å²) in [6.45, 7) is 5.36. The van der Waals surface area contributed by atoms with E-state index in [4.69, 9.17) is 18.9 Å². The molecule has 29 heavy (non-hydrogen) atoms. The van der Waals surface area contributed by atoms with Crippen molar-refractivity contribution < 1.29 is 23.7 Å². The maximum absolute atomic E-state index is 11.9. The summed E-state index contributed by atoms with van der Waals surface area (Å²) in [5.41, 5.74) is 0. The van der Waals surface area contributed by atoms with Gasteiger partial charge in [-0.1, -0.05) is 0 Å². The molecule has 0 radical (unpaired) electrons. The summed E-state index contributed by atoms with van der Waals surface area (Å²) in [4.78, 5) is 22.8. The molecule has 1 aliphatic rings. The van der Waals surface area contributed by atoms with Crippen molar-refractivity contribution in [1.82, 2.24) is 15.3 Å². The van der Waals surface area contributed by atoms with Crippen molar-refractivity contribution in [3.05, 3.63) is 36.2 Å². The minimum atomic E-state index is -0.225. The van der Waals surface area contributed by atoms with E-state index in [1.165, 1.54) is 0 Å². The number of nitrogens with one attached hydrogen (secondary N) is 1. The van der Waals surface area contributed by atoms with Gasteiger partial charge in [0.15, 0.2) is 6.61 Å². The van der Waals surface area contributed by atoms with Gasteiger partial charge in [0.2, 0.25) is 5.88 Å². The highest BCUT2D eigenvalue weighted by atomic mass is 16.5. The molecular weight excluding hydrogens is 376 g/mol. The third-order valence-electron chi connectivity index (χ3n) is 4.24. The molecule has 3 rings (SSSR count). The largest absolute Gasteiger partial charge is 0.497 e. The van der Waals surface area contributed by atoms with Gasteiger partial charge in [0.1, 0.15) is 29.7 Å².